The van der Waals surface area contributed by atoms with Crippen LogP contribution < -0.4 is 20.1 Å². The third kappa shape index (κ3) is 12.6. The van der Waals surface area contributed by atoms with Crippen LogP contribution in [0.4, 0.5) is 10.3 Å². The van der Waals surface area contributed by atoms with Crippen molar-refractivity contribution in [2.24, 2.45) is 0 Å². The molecule has 2 amide bonds. The molecule has 0 aliphatic carbocycles. The van der Waals surface area contributed by atoms with Gasteiger partial charge in [0.25, 0.3) is 0 Å². The smallest absolute Gasteiger partial charge is 0.230 e. The van der Waals surface area contributed by atoms with E-state index in [9.17, 15) is 9.59 Å². The summed E-state index contributed by atoms with van der Waals surface area (Å²) < 4.78 is 28.3. The van der Waals surface area contributed by atoms with E-state index in [-0.39, 0.29) is 24.7 Å². The van der Waals surface area contributed by atoms with Gasteiger partial charge in [0, 0.05) is 12.8 Å². The Kier molecular flexibility index (Phi) is 13.8. The Bertz CT molecular complexity index is 1450. The van der Waals surface area contributed by atoms with E-state index in [1.165, 1.54) is 22.7 Å². The van der Waals surface area contributed by atoms with E-state index >= 15 is 0 Å². The summed E-state index contributed by atoms with van der Waals surface area (Å²) >= 11 is 2.74. The molecular formula is C32H38N6O7S2. The number of hydrogen-bond donors (Lipinski definition) is 2. The topological polar surface area (TPSA) is 156 Å². The van der Waals surface area contributed by atoms with Crippen LogP contribution in [0.25, 0.3) is 0 Å². The fourth-order valence-corrected chi connectivity index (χ4v) is 6.13. The van der Waals surface area contributed by atoms with E-state index in [1.807, 2.05) is 48.5 Å². The van der Waals surface area contributed by atoms with E-state index < -0.39 is 0 Å². The first-order valence-corrected chi connectivity index (χ1v) is 17.1. The molecule has 13 nitrogen and oxygen atoms in total. The Morgan fingerprint density at radius 2 is 0.979 bits per heavy atom. The number of rotatable bonds is 0. The summed E-state index contributed by atoms with van der Waals surface area (Å²) in [6.07, 6.45) is 3.60. The van der Waals surface area contributed by atoms with E-state index in [0.717, 1.165) is 46.8 Å². The molecule has 250 valence electrons. The predicted octanol–water partition coefficient (Wildman–Crippen LogP) is 4.14. The molecular weight excluding hydrogens is 645 g/mol. The summed E-state index contributed by atoms with van der Waals surface area (Å²) in [4.78, 5) is 25.3. The van der Waals surface area contributed by atoms with Crippen molar-refractivity contribution in [3.05, 3.63) is 69.7 Å². The molecule has 0 radical (unpaired) electrons. The largest absolute Gasteiger partial charge is 0.491 e. The molecule has 0 spiro atoms. The second-order valence-corrected chi connectivity index (χ2v) is 12.6. The Hall–Kier alpha value is -4.02. The van der Waals surface area contributed by atoms with E-state index in [0.29, 0.717) is 74.6 Å². The van der Waals surface area contributed by atoms with Crippen molar-refractivity contribution in [3.63, 3.8) is 0 Å². The van der Waals surface area contributed by atoms with Crippen LogP contribution in [0, 0.1) is 0 Å². The fraction of sp³-hybridized carbons (Fsp3) is 0.438. The number of fused-ring (bicyclic) bond motifs is 8. The SMILES string of the molecule is O=C1Cc2cccc(c2)OCCOCCOCCOCCOc2cccc(c2)CC(=O)Nc2nnc(s2)CCCCc2nnc(s2)N1. The zero-order valence-corrected chi connectivity index (χ0v) is 27.6. The minimum Gasteiger partial charge on any atom is -0.491 e. The molecule has 2 aromatic heterocycles. The van der Waals surface area contributed by atoms with E-state index in [2.05, 4.69) is 31.0 Å². The maximum absolute atomic E-state index is 12.6. The van der Waals surface area contributed by atoms with Gasteiger partial charge in [0.05, 0.1) is 52.5 Å². The van der Waals surface area contributed by atoms with Gasteiger partial charge in [-0.05, 0) is 48.2 Å². The van der Waals surface area contributed by atoms with Gasteiger partial charge in [0.15, 0.2) is 0 Å². The van der Waals surface area contributed by atoms with Crippen LogP contribution >= 0.6 is 22.7 Å². The molecule has 47 heavy (non-hydrogen) atoms. The highest BCUT2D eigenvalue weighted by molar-refractivity contribution is 7.15. The second-order valence-electron chi connectivity index (χ2n) is 10.5. The lowest BCUT2D eigenvalue weighted by Crippen LogP contribution is -2.15. The zero-order valence-electron chi connectivity index (χ0n) is 26.0. The molecule has 2 N–H and O–H groups in total. The number of hydrogen-bond acceptors (Lipinski definition) is 13. The Morgan fingerprint density at radius 1 is 0.553 bits per heavy atom. The first kappa shape index (κ1) is 34.3. The van der Waals surface area contributed by atoms with Crippen LogP contribution in [0.5, 0.6) is 11.5 Å². The van der Waals surface area contributed by atoms with Gasteiger partial charge in [0.1, 0.15) is 34.7 Å². The zero-order chi connectivity index (χ0) is 32.5. The number of carbonyl (C=O) groups is 2. The number of aromatic nitrogens is 4. The summed E-state index contributed by atoms with van der Waals surface area (Å²) in [6.45, 7) is 3.36. The predicted molar refractivity (Wildman–Crippen MR) is 177 cm³/mol. The minimum absolute atomic E-state index is 0.174. The van der Waals surface area contributed by atoms with Gasteiger partial charge in [-0.2, -0.15) is 0 Å². The maximum Gasteiger partial charge on any atom is 0.230 e. The van der Waals surface area contributed by atoms with E-state index in [4.69, 9.17) is 23.7 Å². The number of carbonyl (C=O) groups excluding carboxylic acids is 2. The molecule has 5 rings (SSSR count). The number of ether oxygens (including phenoxy) is 5. The molecule has 0 saturated heterocycles. The molecule has 0 unspecified atom stereocenters. The standard InChI is InChI=1S/C32H38N6O7S2/c39-27-21-23-5-3-7-25(19-23)44-17-15-42-13-11-41-12-14-43-16-18-45-26-8-4-6-24(20-26)22-28(40)34-32-38-36-30(47-32)10-2-1-9-29-35-37-31(33-27)46-29/h3-8,19-20H,1-2,9-18,21-22H2,(H,33,37,39)(H,34,38,40). The summed E-state index contributed by atoms with van der Waals surface area (Å²) in [5.74, 6) is 0.994. The van der Waals surface area contributed by atoms with Crippen LogP contribution in [-0.2, 0) is 49.5 Å². The Morgan fingerprint density at radius 3 is 1.43 bits per heavy atom. The van der Waals surface area contributed by atoms with Crippen molar-refractivity contribution in [3.8, 4) is 11.5 Å². The van der Waals surface area contributed by atoms with Gasteiger partial charge in [-0.25, -0.2) is 0 Å². The molecule has 0 saturated carbocycles. The number of benzene rings is 2. The Balaban J connectivity index is 1.12. The molecule has 15 heteroatoms. The average Bonchev–Trinajstić information content (AvgIpc) is 3.70. The molecule has 0 atom stereocenters. The third-order valence-corrected chi connectivity index (χ3v) is 8.52. The monoisotopic (exact) mass is 682 g/mol. The van der Waals surface area contributed by atoms with Crippen molar-refractivity contribution >= 4 is 44.8 Å². The van der Waals surface area contributed by atoms with Crippen LogP contribution in [-0.4, -0.2) is 85.1 Å². The van der Waals surface area contributed by atoms with Crippen LogP contribution in [0.15, 0.2) is 48.5 Å². The van der Waals surface area contributed by atoms with Gasteiger partial charge in [0.2, 0.25) is 22.1 Å². The summed E-state index contributed by atoms with van der Waals surface area (Å²) in [7, 11) is 0. The molecule has 1 aliphatic heterocycles. The highest BCUT2D eigenvalue weighted by Gasteiger charge is 2.12. The van der Waals surface area contributed by atoms with Gasteiger partial charge < -0.3 is 34.3 Å². The van der Waals surface area contributed by atoms with Gasteiger partial charge in [-0.15, -0.1) is 20.4 Å². The van der Waals surface area contributed by atoms with Gasteiger partial charge in [-0.3, -0.25) is 9.59 Å². The summed E-state index contributed by atoms with van der Waals surface area (Å²) in [5.41, 5.74) is 1.66. The normalized spacial score (nSPS) is 17.1. The molecule has 8 bridgehead atoms. The highest BCUT2D eigenvalue weighted by atomic mass is 32.1. The van der Waals surface area contributed by atoms with Crippen molar-refractivity contribution in [2.75, 3.05) is 63.5 Å². The third-order valence-electron chi connectivity index (χ3n) is 6.72. The van der Waals surface area contributed by atoms with Crippen molar-refractivity contribution < 1.29 is 33.3 Å². The summed E-state index contributed by atoms with van der Waals surface area (Å²) in [5, 5.41) is 25.0. The maximum atomic E-state index is 12.6. The van der Waals surface area contributed by atoms with Crippen molar-refractivity contribution in [1.29, 1.82) is 0 Å². The average molecular weight is 683 g/mol. The number of aryl methyl sites for hydroxylation is 2. The lowest BCUT2D eigenvalue weighted by molar-refractivity contribution is -0.116. The van der Waals surface area contributed by atoms with E-state index in [1.54, 1.807) is 0 Å². The lowest BCUT2D eigenvalue weighted by Gasteiger charge is -2.10. The summed E-state index contributed by atoms with van der Waals surface area (Å²) in [6, 6.07) is 14.9. The molecule has 4 aromatic rings. The fourth-order valence-electron chi connectivity index (χ4n) is 4.53. The first-order chi connectivity index (χ1) is 23.1. The van der Waals surface area contributed by atoms with Crippen LogP contribution in [0.2, 0.25) is 0 Å². The minimum atomic E-state index is -0.174. The molecule has 1 aliphatic rings. The quantitative estimate of drug-likeness (QED) is 0.275. The molecule has 3 heterocycles. The lowest BCUT2D eigenvalue weighted by atomic mass is 10.1. The molecule has 2 aromatic carbocycles. The van der Waals surface area contributed by atoms with Gasteiger partial charge in [-0.1, -0.05) is 46.9 Å². The number of nitrogens with one attached hydrogen (secondary N) is 2. The van der Waals surface area contributed by atoms with Gasteiger partial charge >= 0.3 is 0 Å². The number of nitrogens with zero attached hydrogens (tertiary/aromatic N) is 4. The number of anilines is 2. The van der Waals surface area contributed by atoms with Crippen LogP contribution in [0.1, 0.15) is 34.0 Å². The Labute approximate surface area is 281 Å². The highest BCUT2D eigenvalue weighted by Crippen LogP contribution is 2.21. The number of amides is 2. The second kappa shape index (κ2) is 19.0. The van der Waals surface area contributed by atoms with Crippen LogP contribution in [0.3, 0.4) is 0 Å². The van der Waals surface area contributed by atoms with Crippen molar-refractivity contribution in [2.45, 2.75) is 38.5 Å². The molecule has 0 fully saturated rings. The van der Waals surface area contributed by atoms with Crippen molar-refractivity contribution in [1.82, 2.24) is 20.4 Å². The first-order valence-electron chi connectivity index (χ1n) is 15.5.